The van der Waals surface area contributed by atoms with Crippen molar-refractivity contribution in [1.29, 1.82) is 0 Å². The summed E-state index contributed by atoms with van der Waals surface area (Å²) in [4.78, 5) is 17.0. The zero-order valence-corrected chi connectivity index (χ0v) is 11.4. The van der Waals surface area contributed by atoms with Crippen LogP contribution in [0.2, 0.25) is 0 Å². The Morgan fingerprint density at radius 1 is 1.10 bits per heavy atom. The van der Waals surface area contributed by atoms with Crippen LogP contribution in [0.15, 0.2) is 47.3 Å². The van der Waals surface area contributed by atoms with Gasteiger partial charge in [-0.2, -0.15) is 0 Å². The van der Waals surface area contributed by atoms with Gasteiger partial charge in [0.25, 0.3) is 5.56 Å². The summed E-state index contributed by atoms with van der Waals surface area (Å²) >= 11 is 0. The first kappa shape index (κ1) is 13.2. The van der Waals surface area contributed by atoms with Crippen molar-refractivity contribution in [3.05, 3.63) is 52.8 Å². The number of para-hydroxylation sites is 2. The van der Waals surface area contributed by atoms with Gasteiger partial charge in [0.05, 0.1) is 11.0 Å². The van der Waals surface area contributed by atoms with Crippen molar-refractivity contribution >= 4 is 11.0 Å². The van der Waals surface area contributed by atoms with Gasteiger partial charge in [0.15, 0.2) is 11.5 Å². The van der Waals surface area contributed by atoms with Crippen LogP contribution < -0.4 is 5.56 Å². The highest BCUT2D eigenvalue weighted by Gasteiger charge is 2.13. The number of aryl methyl sites for hydroxylation is 1. The maximum Gasteiger partial charge on any atom is 0.277 e. The lowest BCUT2D eigenvalue weighted by molar-refractivity contribution is 0.404. The summed E-state index contributed by atoms with van der Waals surface area (Å²) in [6, 6.07) is 11.7. The van der Waals surface area contributed by atoms with Gasteiger partial charge in [-0.05, 0) is 37.3 Å². The molecule has 0 aliphatic rings. The second-order valence-corrected chi connectivity index (χ2v) is 4.70. The summed E-state index contributed by atoms with van der Waals surface area (Å²) in [5, 5.41) is 19.0. The van der Waals surface area contributed by atoms with Crippen LogP contribution in [0.1, 0.15) is 6.92 Å². The molecular weight excluding hydrogens is 268 g/mol. The molecule has 21 heavy (non-hydrogen) atoms. The predicted molar refractivity (Wildman–Crippen MR) is 80.4 cm³/mol. The third-order valence-electron chi connectivity index (χ3n) is 3.42. The second kappa shape index (κ2) is 4.94. The van der Waals surface area contributed by atoms with Gasteiger partial charge in [-0.25, -0.2) is 4.98 Å². The number of fused-ring (bicyclic) bond motifs is 1. The standard InChI is InChI=1S/C16H14N2O3/c1-2-18-12-6-4-3-5-11(12)17-15(16(18)21)10-7-8-13(19)14(20)9-10/h3-9,19-20H,2H2,1H3. The molecule has 0 aliphatic carbocycles. The summed E-state index contributed by atoms with van der Waals surface area (Å²) in [6.45, 7) is 2.42. The lowest BCUT2D eigenvalue weighted by atomic mass is 10.1. The lowest BCUT2D eigenvalue weighted by Gasteiger charge is -2.10. The fourth-order valence-corrected chi connectivity index (χ4v) is 2.37. The molecule has 0 amide bonds. The van der Waals surface area contributed by atoms with Crippen molar-refractivity contribution in [3.8, 4) is 22.8 Å². The Balaban J connectivity index is 2.35. The van der Waals surface area contributed by atoms with Crippen molar-refractivity contribution in [1.82, 2.24) is 9.55 Å². The molecule has 5 nitrogen and oxygen atoms in total. The molecule has 3 rings (SSSR count). The Bertz CT molecular complexity index is 884. The SMILES string of the molecule is CCn1c(=O)c(-c2ccc(O)c(O)c2)nc2ccccc21. The monoisotopic (exact) mass is 282 g/mol. The van der Waals surface area contributed by atoms with Crippen LogP contribution >= 0.6 is 0 Å². The zero-order chi connectivity index (χ0) is 15.0. The first-order valence-corrected chi connectivity index (χ1v) is 6.63. The molecule has 1 heterocycles. The molecule has 1 aromatic heterocycles. The molecule has 2 aromatic carbocycles. The average molecular weight is 282 g/mol. The van der Waals surface area contributed by atoms with E-state index in [9.17, 15) is 15.0 Å². The number of aromatic nitrogens is 2. The quantitative estimate of drug-likeness (QED) is 0.708. The minimum atomic E-state index is -0.273. The van der Waals surface area contributed by atoms with Gasteiger partial charge in [0.2, 0.25) is 0 Å². The molecule has 106 valence electrons. The fourth-order valence-electron chi connectivity index (χ4n) is 2.37. The highest BCUT2D eigenvalue weighted by atomic mass is 16.3. The smallest absolute Gasteiger partial charge is 0.277 e. The van der Waals surface area contributed by atoms with E-state index < -0.39 is 0 Å². The van der Waals surface area contributed by atoms with E-state index in [1.165, 1.54) is 12.1 Å². The molecule has 0 bridgehead atoms. The molecule has 5 heteroatoms. The molecule has 0 saturated heterocycles. The predicted octanol–water partition coefficient (Wildman–Crippen LogP) is 2.49. The average Bonchev–Trinajstić information content (AvgIpc) is 2.49. The first-order valence-electron chi connectivity index (χ1n) is 6.63. The van der Waals surface area contributed by atoms with Crippen molar-refractivity contribution < 1.29 is 10.2 Å². The van der Waals surface area contributed by atoms with Crippen molar-refractivity contribution in [2.24, 2.45) is 0 Å². The summed E-state index contributed by atoms with van der Waals surface area (Å²) in [6.07, 6.45) is 0. The normalized spacial score (nSPS) is 10.9. The van der Waals surface area contributed by atoms with E-state index in [0.29, 0.717) is 17.6 Å². The number of hydrogen-bond donors (Lipinski definition) is 2. The fraction of sp³-hybridized carbons (Fsp3) is 0.125. The third-order valence-corrected chi connectivity index (χ3v) is 3.42. The topological polar surface area (TPSA) is 75.4 Å². The minimum absolute atomic E-state index is 0.221. The first-order chi connectivity index (χ1) is 10.1. The van der Waals surface area contributed by atoms with Crippen molar-refractivity contribution in [2.45, 2.75) is 13.5 Å². The Morgan fingerprint density at radius 2 is 1.86 bits per heavy atom. The van der Waals surface area contributed by atoms with Crippen LogP contribution in [0, 0.1) is 0 Å². The van der Waals surface area contributed by atoms with Gasteiger partial charge in [0.1, 0.15) is 5.69 Å². The summed E-state index contributed by atoms with van der Waals surface area (Å²) in [5.41, 5.74) is 1.99. The minimum Gasteiger partial charge on any atom is -0.504 e. The molecule has 0 spiro atoms. The van der Waals surface area contributed by atoms with Crippen molar-refractivity contribution in [3.63, 3.8) is 0 Å². The van der Waals surface area contributed by atoms with E-state index in [0.717, 1.165) is 5.52 Å². The van der Waals surface area contributed by atoms with E-state index in [-0.39, 0.29) is 22.8 Å². The summed E-state index contributed by atoms with van der Waals surface area (Å²) < 4.78 is 1.64. The van der Waals surface area contributed by atoms with Gasteiger partial charge in [0, 0.05) is 12.1 Å². The van der Waals surface area contributed by atoms with Crippen LogP contribution in [0.25, 0.3) is 22.3 Å². The van der Waals surface area contributed by atoms with E-state index in [1.807, 2.05) is 31.2 Å². The Hall–Kier alpha value is -2.82. The van der Waals surface area contributed by atoms with E-state index >= 15 is 0 Å². The number of phenols is 2. The Labute approximate surface area is 120 Å². The van der Waals surface area contributed by atoms with Crippen LogP contribution in [-0.2, 0) is 6.54 Å². The van der Waals surface area contributed by atoms with E-state index in [1.54, 1.807) is 10.6 Å². The molecule has 3 aromatic rings. The van der Waals surface area contributed by atoms with Gasteiger partial charge in [-0.15, -0.1) is 0 Å². The van der Waals surface area contributed by atoms with E-state index in [2.05, 4.69) is 4.98 Å². The molecular formula is C16H14N2O3. The van der Waals surface area contributed by atoms with Gasteiger partial charge >= 0.3 is 0 Å². The largest absolute Gasteiger partial charge is 0.504 e. The lowest BCUT2D eigenvalue weighted by Crippen LogP contribution is -2.22. The zero-order valence-electron chi connectivity index (χ0n) is 11.4. The maximum atomic E-state index is 12.6. The maximum absolute atomic E-state index is 12.6. The molecule has 0 unspecified atom stereocenters. The molecule has 0 aliphatic heterocycles. The Kier molecular flexibility index (Phi) is 3.10. The summed E-state index contributed by atoms with van der Waals surface area (Å²) in [5.74, 6) is -0.500. The molecule has 0 fully saturated rings. The van der Waals surface area contributed by atoms with Crippen LogP contribution in [-0.4, -0.2) is 19.8 Å². The number of nitrogens with zero attached hydrogens (tertiary/aromatic N) is 2. The highest BCUT2D eigenvalue weighted by Crippen LogP contribution is 2.29. The second-order valence-electron chi connectivity index (χ2n) is 4.70. The van der Waals surface area contributed by atoms with Gasteiger partial charge in [-0.3, -0.25) is 4.79 Å². The number of phenolic OH excluding ortho intramolecular Hbond substituents is 2. The van der Waals surface area contributed by atoms with Gasteiger partial charge in [-0.1, -0.05) is 12.1 Å². The molecule has 0 radical (unpaired) electrons. The summed E-state index contributed by atoms with van der Waals surface area (Å²) in [7, 11) is 0. The molecule has 0 atom stereocenters. The number of hydrogen-bond acceptors (Lipinski definition) is 4. The van der Waals surface area contributed by atoms with Crippen LogP contribution in [0.5, 0.6) is 11.5 Å². The van der Waals surface area contributed by atoms with Crippen LogP contribution in [0.3, 0.4) is 0 Å². The molecule has 2 N–H and O–H groups in total. The number of rotatable bonds is 2. The molecule has 0 saturated carbocycles. The third kappa shape index (κ3) is 2.12. The Morgan fingerprint density at radius 3 is 2.57 bits per heavy atom. The van der Waals surface area contributed by atoms with E-state index in [4.69, 9.17) is 0 Å². The highest BCUT2D eigenvalue weighted by molar-refractivity contribution is 5.78. The van der Waals surface area contributed by atoms with Crippen molar-refractivity contribution in [2.75, 3.05) is 0 Å². The van der Waals surface area contributed by atoms with Crippen LogP contribution in [0.4, 0.5) is 0 Å². The number of aromatic hydroxyl groups is 2. The van der Waals surface area contributed by atoms with Gasteiger partial charge < -0.3 is 14.8 Å². The number of benzene rings is 2.